The Labute approximate surface area is 242 Å². The van der Waals surface area contributed by atoms with Crippen LogP contribution in [0.1, 0.15) is 93.7 Å². The number of piperidine rings is 1. The third-order valence-electron chi connectivity index (χ3n) is 8.45. The Hall–Kier alpha value is -3.47. The van der Waals surface area contributed by atoms with Crippen molar-refractivity contribution in [2.45, 2.75) is 89.5 Å². The molecule has 0 saturated carbocycles. The van der Waals surface area contributed by atoms with Crippen LogP contribution in [-0.4, -0.2) is 35.8 Å². The van der Waals surface area contributed by atoms with Crippen molar-refractivity contribution < 1.29 is 0 Å². The number of anilines is 2. The minimum atomic E-state index is 0.115. The van der Waals surface area contributed by atoms with Gasteiger partial charge in [-0.25, -0.2) is 0 Å². The molecule has 1 unspecified atom stereocenters. The molecule has 0 radical (unpaired) electrons. The number of fused-ring (bicyclic) bond motifs is 1. The van der Waals surface area contributed by atoms with Crippen molar-refractivity contribution in [2.24, 2.45) is 5.10 Å². The lowest BCUT2D eigenvalue weighted by molar-refractivity contribution is 0.250. The molecule has 2 aromatic rings. The predicted molar refractivity (Wildman–Crippen MR) is 173 cm³/mol. The van der Waals surface area contributed by atoms with Gasteiger partial charge in [0.15, 0.2) is 0 Å². The summed E-state index contributed by atoms with van der Waals surface area (Å²) in [6, 6.07) is 15.0. The molecule has 1 fully saturated rings. The lowest BCUT2D eigenvalue weighted by Crippen LogP contribution is -2.41. The highest BCUT2D eigenvalue weighted by Gasteiger charge is 2.31. The van der Waals surface area contributed by atoms with Crippen molar-refractivity contribution in [1.82, 2.24) is 9.91 Å². The minimum absolute atomic E-state index is 0.115. The zero-order chi connectivity index (χ0) is 28.3. The van der Waals surface area contributed by atoms with Gasteiger partial charge >= 0.3 is 0 Å². The van der Waals surface area contributed by atoms with E-state index in [-0.39, 0.29) is 6.04 Å². The third kappa shape index (κ3) is 8.03. The lowest BCUT2D eigenvalue weighted by atomic mass is 9.96. The fourth-order valence-electron chi connectivity index (χ4n) is 5.73. The van der Waals surface area contributed by atoms with Crippen LogP contribution >= 0.6 is 0 Å². The van der Waals surface area contributed by atoms with Gasteiger partial charge in [-0.2, -0.15) is 5.10 Å². The highest BCUT2D eigenvalue weighted by Crippen LogP contribution is 2.36. The van der Waals surface area contributed by atoms with Gasteiger partial charge in [0, 0.05) is 47.5 Å². The number of benzene rings is 2. The zero-order valence-corrected chi connectivity index (χ0v) is 24.6. The monoisotopic (exact) mass is 539 g/mol. The number of nitrogen functional groups attached to an aromatic ring is 1. The van der Waals surface area contributed by atoms with Crippen LogP contribution in [0.5, 0.6) is 0 Å². The van der Waals surface area contributed by atoms with Crippen molar-refractivity contribution in [1.29, 1.82) is 0 Å². The first-order valence-corrected chi connectivity index (χ1v) is 15.3. The average Bonchev–Trinajstić information content (AvgIpc) is 2.96. The van der Waals surface area contributed by atoms with Crippen LogP contribution in [0.2, 0.25) is 0 Å². The van der Waals surface area contributed by atoms with Crippen molar-refractivity contribution in [3.05, 3.63) is 90.3 Å². The Kier molecular flexibility index (Phi) is 10.9. The Morgan fingerprint density at radius 3 is 2.23 bits per heavy atom. The van der Waals surface area contributed by atoms with E-state index in [0.717, 1.165) is 59.0 Å². The summed E-state index contributed by atoms with van der Waals surface area (Å²) >= 11 is 0. The second-order valence-corrected chi connectivity index (χ2v) is 11.5. The van der Waals surface area contributed by atoms with E-state index >= 15 is 0 Å². The average molecular weight is 540 g/mol. The Balaban J connectivity index is 1.07. The molecule has 2 aliphatic rings. The summed E-state index contributed by atoms with van der Waals surface area (Å²) in [5, 5.41) is 10.4. The van der Waals surface area contributed by atoms with Crippen molar-refractivity contribution in [3.63, 3.8) is 0 Å². The number of aryl methyl sites for hydroxylation is 1. The van der Waals surface area contributed by atoms with E-state index in [1.54, 1.807) is 0 Å². The molecule has 3 N–H and O–H groups in total. The molecule has 2 aliphatic heterocycles. The van der Waals surface area contributed by atoms with Gasteiger partial charge in [-0.15, -0.1) is 0 Å². The van der Waals surface area contributed by atoms with Crippen LogP contribution in [0, 0.1) is 0 Å². The fraction of sp³-hybridized carbons (Fsp3) is 0.457. The van der Waals surface area contributed by atoms with Gasteiger partial charge in [0.05, 0.1) is 18.0 Å². The molecule has 5 nitrogen and oxygen atoms in total. The number of likely N-dealkylation sites (tertiary alicyclic amines) is 1. The number of likely N-dealkylation sites (N-methyl/N-ethyl adjacent to an activating group) is 1. The number of rotatable bonds is 15. The molecule has 0 aromatic heterocycles. The molecule has 2 heterocycles. The highest BCUT2D eigenvalue weighted by molar-refractivity contribution is 5.91. The van der Waals surface area contributed by atoms with Crippen LogP contribution < -0.4 is 11.1 Å². The van der Waals surface area contributed by atoms with E-state index in [1.807, 2.05) is 30.4 Å². The van der Waals surface area contributed by atoms with Crippen LogP contribution in [0.3, 0.4) is 0 Å². The van der Waals surface area contributed by atoms with Gasteiger partial charge in [-0.05, 0) is 61.9 Å². The number of hydrazone groups is 1. The Morgan fingerprint density at radius 1 is 0.875 bits per heavy atom. The van der Waals surface area contributed by atoms with Gasteiger partial charge in [0.1, 0.15) is 0 Å². The number of hydrogen-bond donors (Lipinski definition) is 2. The third-order valence-corrected chi connectivity index (χ3v) is 8.45. The fourth-order valence-corrected chi connectivity index (χ4v) is 5.73. The number of nitrogens with zero attached hydrogens (tertiary/aromatic N) is 3. The SMILES string of the molecule is C=C1CCC(N2N=Cc3ccc(NCCCCCCCCCCCCc4ccc(N)cc4)cc3C2=C)C(=C)N1C. The maximum Gasteiger partial charge on any atom is 0.0923 e. The molecule has 0 bridgehead atoms. The first-order valence-electron chi connectivity index (χ1n) is 15.3. The van der Waals surface area contributed by atoms with Gasteiger partial charge in [-0.1, -0.05) is 89.3 Å². The first kappa shape index (κ1) is 29.5. The highest BCUT2D eigenvalue weighted by atomic mass is 15.5. The number of allylic oxidation sites excluding steroid dienone is 1. The molecule has 4 rings (SSSR count). The second kappa shape index (κ2) is 14.8. The van der Waals surface area contributed by atoms with Crippen LogP contribution in [0.4, 0.5) is 11.4 Å². The van der Waals surface area contributed by atoms with E-state index in [1.165, 1.54) is 76.2 Å². The van der Waals surface area contributed by atoms with Crippen molar-refractivity contribution >= 4 is 23.3 Å². The summed E-state index contributed by atoms with van der Waals surface area (Å²) in [5.41, 5.74) is 14.5. The topological polar surface area (TPSA) is 56.9 Å². The first-order chi connectivity index (χ1) is 19.4. The predicted octanol–water partition coefficient (Wildman–Crippen LogP) is 8.57. The molecule has 1 saturated heterocycles. The summed E-state index contributed by atoms with van der Waals surface area (Å²) in [5.74, 6) is 0. The molecule has 214 valence electrons. The van der Waals surface area contributed by atoms with Crippen molar-refractivity contribution in [2.75, 3.05) is 24.6 Å². The zero-order valence-electron chi connectivity index (χ0n) is 24.6. The molecular weight excluding hydrogens is 490 g/mol. The molecule has 0 amide bonds. The Morgan fingerprint density at radius 2 is 1.52 bits per heavy atom. The summed E-state index contributed by atoms with van der Waals surface area (Å²) in [6.45, 7) is 13.9. The number of hydrogen-bond acceptors (Lipinski definition) is 5. The van der Waals surface area contributed by atoms with E-state index in [2.05, 4.69) is 60.3 Å². The van der Waals surface area contributed by atoms with E-state index in [9.17, 15) is 0 Å². The smallest absolute Gasteiger partial charge is 0.0923 e. The number of nitrogens with two attached hydrogens (primary N) is 1. The molecule has 2 aromatic carbocycles. The van der Waals surface area contributed by atoms with Crippen molar-refractivity contribution in [3.8, 4) is 0 Å². The summed E-state index contributed by atoms with van der Waals surface area (Å²) < 4.78 is 0. The molecule has 1 atom stereocenters. The Bertz CT molecular complexity index is 1180. The molecule has 5 heteroatoms. The van der Waals surface area contributed by atoms with Gasteiger partial charge in [0.25, 0.3) is 0 Å². The van der Waals surface area contributed by atoms with Crippen LogP contribution in [0.15, 0.2) is 78.7 Å². The van der Waals surface area contributed by atoms with Gasteiger partial charge < -0.3 is 16.0 Å². The normalized spacial score (nSPS) is 16.9. The van der Waals surface area contributed by atoms with Gasteiger partial charge in [-0.3, -0.25) is 5.01 Å². The maximum atomic E-state index is 5.76. The van der Waals surface area contributed by atoms with Gasteiger partial charge in [0.2, 0.25) is 0 Å². The standard InChI is InChI=1S/C35H49N5/c1-27-16-23-35(29(3)39(27)4)40-28(2)34-25-33(22-19-31(34)26-38-40)37-24-14-12-10-8-6-5-7-9-11-13-15-30-17-20-32(36)21-18-30/h17-22,25-26,35,37H,1-3,5-16,23-24,36H2,4H3. The largest absolute Gasteiger partial charge is 0.399 e. The summed E-state index contributed by atoms with van der Waals surface area (Å²) in [4.78, 5) is 2.09. The number of nitrogens with one attached hydrogen (secondary N) is 1. The minimum Gasteiger partial charge on any atom is -0.399 e. The number of unbranched alkanes of at least 4 members (excludes halogenated alkanes) is 9. The molecule has 0 aliphatic carbocycles. The van der Waals surface area contributed by atoms with Crippen LogP contribution in [0.25, 0.3) is 5.70 Å². The summed E-state index contributed by atoms with van der Waals surface area (Å²) in [6.07, 6.45) is 18.3. The molecule has 40 heavy (non-hydrogen) atoms. The maximum absolute atomic E-state index is 5.76. The second-order valence-electron chi connectivity index (χ2n) is 11.5. The van der Waals surface area contributed by atoms with E-state index < -0.39 is 0 Å². The molecule has 0 spiro atoms. The van der Waals surface area contributed by atoms with Crippen LogP contribution in [-0.2, 0) is 6.42 Å². The lowest BCUT2D eigenvalue weighted by Gasteiger charge is -2.41. The van der Waals surface area contributed by atoms with E-state index in [0.29, 0.717) is 0 Å². The summed E-state index contributed by atoms with van der Waals surface area (Å²) in [7, 11) is 2.04. The van der Waals surface area contributed by atoms with E-state index in [4.69, 9.17) is 10.8 Å². The quantitative estimate of drug-likeness (QED) is 0.176. The molecular formula is C35H49N5.